The molecule has 1 aromatic heterocycles. The van der Waals surface area contributed by atoms with E-state index < -0.39 is 0 Å². The lowest BCUT2D eigenvalue weighted by molar-refractivity contribution is 0.211. The number of ether oxygens (including phenoxy) is 1. The van der Waals surface area contributed by atoms with Crippen LogP contribution in [0.5, 0.6) is 5.75 Å². The Kier molecular flexibility index (Phi) is 6.43. The van der Waals surface area contributed by atoms with Gasteiger partial charge in [-0.3, -0.25) is 9.88 Å². The highest BCUT2D eigenvalue weighted by Crippen LogP contribution is 2.28. The third-order valence-electron chi connectivity index (χ3n) is 5.35. The van der Waals surface area contributed by atoms with Gasteiger partial charge in [-0.15, -0.1) is 0 Å². The monoisotopic (exact) mass is 429 g/mol. The zero-order chi connectivity index (χ0) is 20.2. The van der Waals surface area contributed by atoms with Crippen LogP contribution in [0.1, 0.15) is 25.3 Å². The van der Waals surface area contributed by atoms with Crippen molar-refractivity contribution in [2.45, 2.75) is 32.4 Å². The van der Waals surface area contributed by atoms with E-state index in [1.807, 2.05) is 43.5 Å². The Balaban J connectivity index is 1.36. The Hall–Kier alpha value is -2.01. The van der Waals surface area contributed by atoms with Crippen LogP contribution in [0.3, 0.4) is 0 Å². The van der Waals surface area contributed by atoms with Crippen molar-refractivity contribution in [1.29, 1.82) is 0 Å². The number of fused-ring (bicyclic) bond motifs is 1. The Labute approximate surface area is 181 Å². The van der Waals surface area contributed by atoms with E-state index in [9.17, 15) is 0 Å². The first-order chi connectivity index (χ1) is 14.1. The molecule has 1 aliphatic heterocycles. The average Bonchev–Trinajstić information content (AvgIpc) is 2.72. The molecule has 1 aliphatic rings. The molecule has 1 fully saturated rings. The van der Waals surface area contributed by atoms with E-state index >= 15 is 0 Å². The highest BCUT2D eigenvalue weighted by atomic mass is 35.5. The minimum atomic E-state index is 0.455. The molecular formula is C23H25Cl2N3O. The maximum absolute atomic E-state index is 6.21. The van der Waals surface area contributed by atoms with Crippen LogP contribution in [-0.2, 0) is 6.54 Å². The van der Waals surface area contributed by atoms with E-state index in [2.05, 4.69) is 27.3 Å². The number of hydrogen-bond acceptors (Lipinski definition) is 4. The maximum Gasteiger partial charge on any atom is 0.138 e. The number of benzene rings is 2. The first kappa shape index (κ1) is 20.3. The molecule has 152 valence electrons. The topological polar surface area (TPSA) is 37.4 Å². The summed E-state index contributed by atoms with van der Waals surface area (Å²) in [6.07, 6.45) is 4.04. The number of likely N-dealkylation sites (tertiary alicyclic amines) is 1. The van der Waals surface area contributed by atoms with Crippen LogP contribution in [0, 0.1) is 0 Å². The standard InChI is InChI=1S/C23H25Cl2N3O/c1-2-29-23-13-16(3-6-20(23)25)15-28-11-8-18(9-12-28)27-21-7-10-26-22-14-17(24)4-5-19(21)22/h3-7,10,13-14,18H,2,8-9,11-12,15H2,1H3,(H,26,27). The molecule has 1 N–H and O–H groups in total. The molecule has 29 heavy (non-hydrogen) atoms. The second-order valence-electron chi connectivity index (χ2n) is 7.41. The lowest BCUT2D eigenvalue weighted by Gasteiger charge is -2.33. The van der Waals surface area contributed by atoms with Crippen molar-refractivity contribution in [2.75, 3.05) is 25.0 Å². The minimum absolute atomic E-state index is 0.455. The summed E-state index contributed by atoms with van der Waals surface area (Å²) in [5, 5.41) is 6.21. The molecule has 0 spiro atoms. The number of nitrogens with zero attached hydrogens (tertiary/aromatic N) is 2. The molecule has 0 atom stereocenters. The lowest BCUT2D eigenvalue weighted by atomic mass is 10.0. The van der Waals surface area contributed by atoms with Crippen molar-refractivity contribution in [1.82, 2.24) is 9.88 Å². The number of rotatable bonds is 6. The predicted octanol–water partition coefficient (Wildman–Crippen LogP) is 6.02. The van der Waals surface area contributed by atoms with Gasteiger partial charge in [-0.25, -0.2) is 0 Å². The largest absolute Gasteiger partial charge is 0.492 e. The molecule has 3 aromatic rings. The van der Waals surface area contributed by atoms with Crippen LogP contribution in [0.4, 0.5) is 5.69 Å². The number of halogens is 2. The summed E-state index contributed by atoms with van der Waals surface area (Å²) in [5.74, 6) is 0.771. The van der Waals surface area contributed by atoms with Gasteiger partial charge in [0.05, 0.1) is 17.1 Å². The Morgan fingerprint density at radius 1 is 1.10 bits per heavy atom. The third-order valence-corrected chi connectivity index (χ3v) is 5.90. The highest BCUT2D eigenvalue weighted by Gasteiger charge is 2.20. The van der Waals surface area contributed by atoms with Crippen LogP contribution in [0.25, 0.3) is 10.9 Å². The number of anilines is 1. The fourth-order valence-corrected chi connectivity index (χ4v) is 4.21. The van der Waals surface area contributed by atoms with Gasteiger partial charge in [0.15, 0.2) is 0 Å². The van der Waals surface area contributed by atoms with E-state index in [0.717, 1.165) is 54.8 Å². The van der Waals surface area contributed by atoms with Gasteiger partial charge >= 0.3 is 0 Å². The molecule has 0 radical (unpaired) electrons. The molecule has 2 aromatic carbocycles. The van der Waals surface area contributed by atoms with Crippen molar-refractivity contribution in [3.05, 3.63) is 64.3 Å². The number of aromatic nitrogens is 1. The van der Waals surface area contributed by atoms with Gasteiger partial charge in [0.1, 0.15) is 5.75 Å². The molecule has 2 heterocycles. The maximum atomic E-state index is 6.21. The lowest BCUT2D eigenvalue weighted by Crippen LogP contribution is -2.38. The highest BCUT2D eigenvalue weighted by molar-refractivity contribution is 6.32. The summed E-state index contributed by atoms with van der Waals surface area (Å²) in [7, 11) is 0. The van der Waals surface area contributed by atoms with Crippen LogP contribution < -0.4 is 10.1 Å². The van der Waals surface area contributed by atoms with Gasteiger partial charge in [-0.1, -0.05) is 29.3 Å². The summed E-state index contributed by atoms with van der Waals surface area (Å²) in [6.45, 7) is 5.62. The number of nitrogens with one attached hydrogen (secondary N) is 1. The molecule has 4 rings (SSSR count). The smallest absolute Gasteiger partial charge is 0.138 e. The van der Waals surface area contributed by atoms with Gasteiger partial charge in [0.25, 0.3) is 0 Å². The van der Waals surface area contributed by atoms with E-state index in [0.29, 0.717) is 22.7 Å². The van der Waals surface area contributed by atoms with Crippen molar-refractivity contribution in [2.24, 2.45) is 0 Å². The first-order valence-corrected chi connectivity index (χ1v) is 10.8. The number of hydrogen-bond donors (Lipinski definition) is 1. The van der Waals surface area contributed by atoms with Crippen LogP contribution in [-0.4, -0.2) is 35.6 Å². The molecule has 6 heteroatoms. The summed E-state index contributed by atoms with van der Waals surface area (Å²) < 4.78 is 5.62. The summed E-state index contributed by atoms with van der Waals surface area (Å²) in [4.78, 5) is 6.92. The number of piperidine rings is 1. The fraction of sp³-hybridized carbons (Fsp3) is 0.348. The van der Waals surface area contributed by atoms with E-state index in [1.54, 1.807) is 0 Å². The molecule has 0 amide bonds. The predicted molar refractivity (Wildman–Crippen MR) is 121 cm³/mol. The minimum Gasteiger partial charge on any atom is -0.492 e. The molecule has 1 saturated heterocycles. The summed E-state index contributed by atoms with van der Waals surface area (Å²) in [5.41, 5.74) is 3.29. The second kappa shape index (κ2) is 9.21. The van der Waals surface area contributed by atoms with Crippen molar-refractivity contribution in [3.63, 3.8) is 0 Å². The van der Waals surface area contributed by atoms with Crippen LogP contribution in [0.2, 0.25) is 10.0 Å². The van der Waals surface area contributed by atoms with E-state index in [4.69, 9.17) is 27.9 Å². The molecule has 0 unspecified atom stereocenters. The molecule has 4 nitrogen and oxygen atoms in total. The summed E-state index contributed by atoms with van der Waals surface area (Å²) in [6, 6.07) is 14.4. The zero-order valence-corrected chi connectivity index (χ0v) is 18.0. The molecule has 0 bridgehead atoms. The first-order valence-electron chi connectivity index (χ1n) is 10.1. The molecule has 0 saturated carbocycles. The average molecular weight is 430 g/mol. The van der Waals surface area contributed by atoms with Crippen molar-refractivity contribution in [3.8, 4) is 5.75 Å². The van der Waals surface area contributed by atoms with Gasteiger partial charge in [0, 0.05) is 48.0 Å². The SMILES string of the molecule is CCOc1cc(CN2CCC(Nc3ccnc4cc(Cl)ccc34)CC2)ccc1Cl. The van der Waals surface area contributed by atoms with Crippen LogP contribution in [0.15, 0.2) is 48.7 Å². The van der Waals surface area contributed by atoms with Gasteiger partial charge in [-0.2, -0.15) is 0 Å². The molecule has 0 aliphatic carbocycles. The Morgan fingerprint density at radius 3 is 2.72 bits per heavy atom. The van der Waals surface area contributed by atoms with Gasteiger partial charge in [-0.05, 0) is 61.7 Å². The van der Waals surface area contributed by atoms with Crippen LogP contribution >= 0.6 is 23.2 Å². The van der Waals surface area contributed by atoms with Gasteiger partial charge < -0.3 is 10.1 Å². The van der Waals surface area contributed by atoms with Crippen molar-refractivity contribution < 1.29 is 4.74 Å². The second-order valence-corrected chi connectivity index (χ2v) is 8.26. The third kappa shape index (κ3) is 4.95. The number of pyridine rings is 1. The fourth-order valence-electron chi connectivity index (χ4n) is 3.87. The Bertz CT molecular complexity index is 987. The normalized spacial score (nSPS) is 15.6. The van der Waals surface area contributed by atoms with E-state index in [-0.39, 0.29) is 0 Å². The van der Waals surface area contributed by atoms with Gasteiger partial charge in [0.2, 0.25) is 0 Å². The van der Waals surface area contributed by atoms with Crippen molar-refractivity contribution >= 4 is 39.8 Å². The zero-order valence-electron chi connectivity index (χ0n) is 16.5. The molecular weight excluding hydrogens is 405 g/mol. The quantitative estimate of drug-likeness (QED) is 0.519. The Morgan fingerprint density at radius 2 is 1.93 bits per heavy atom. The summed E-state index contributed by atoms with van der Waals surface area (Å²) >= 11 is 12.3. The van der Waals surface area contributed by atoms with E-state index in [1.165, 1.54) is 5.56 Å².